The molecule has 3 aliphatic rings. The van der Waals surface area contributed by atoms with Crippen LogP contribution in [0.5, 0.6) is 11.5 Å². The van der Waals surface area contributed by atoms with Gasteiger partial charge in [-0.1, -0.05) is 6.07 Å². The number of hydrogen-bond donors (Lipinski definition) is 0. The van der Waals surface area contributed by atoms with Crippen LogP contribution in [0.3, 0.4) is 0 Å². The molecule has 0 amide bonds. The highest BCUT2D eigenvalue weighted by molar-refractivity contribution is 5.80. The third kappa shape index (κ3) is 4.23. The molecule has 2 fully saturated rings. The van der Waals surface area contributed by atoms with E-state index in [4.69, 9.17) is 23.9 Å². The van der Waals surface area contributed by atoms with Gasteiger partial charge in [0.15, 0.2) is 0 Å². The van der Waals surface area contributed by atoms with Crippen molar-refractivity contribution >= 4 is 0 Å². The summed E-state index contributed by atoms with van der Waals surface area (Å²) in [6, 6.07) is 10.1. The Morgan fingerprint density at radius 1 is 1.11 bits per heavy atom. The van der Waals surface area contributed by atoms with Gasteiger partial charge >= 0.3 is 0 Å². The van der Waals surface area contributed by atoms with Gasteiger partial charge in [-0.2, -0.15) is 0 Å². The lowest BCUT2D eigenvalue weighted by Gasteiger charge is -2.27. The Labute approximate surface area is 204 Å². The Bertz CT molecular complexity index is 1300. The van der Waals surface area contributed by atoms with Crippen molar-refractivity contribution in [2.24, 2.45) is 0 Å². The van der Waals surface area contributed by atoms with E-state index in [1.54, 1.807) is 13.2 Å². The fourth-order valence-electron chi connectivity index (χ4n) is 5.13. The van der Waals surface area contributed by atoms with Gasteiger partial charge in [0.25, 0.3) is 5.56 Å². The van der Waals surface area contributed by atoms with E-state index in [1.165, 1.54) is 24.1 Å². The van der Waals surface area contributed by atoms with E-state index in [0.29, 0.717) is 44.6 Å². The van der Waals surface area contributed by atoms with Crippen molar-refractivity contribution in [3.8, 4) is 33.9 Å². The molecule has 1 saturated heterocycles. The Morgan fingerprint density at radius 2 is 2.00 bits per heavy atom. The lowest BCUT2D eigenvalue weighted by molar-refractivity contribution is -0.101. The highest BCUT2D eigenvalue weighted by Crippen LogP contribution is 2.42. The van der Waals surface area contributed by atoms with E-state index in [9.17, 15) is 4.79 Å². The summed E-state index contributed by atoms with van der Waals surface area (Å²) >= 11 is 0. The van der Waals surface area contributed by atoms with Crippen LogP contribution in [-0.4, -0.2) is 49.2 Å². The number of rotatable bonds is 6. The maximum Gasteiger partial charge on any atom is 0.254 e. The van der Waals surface area contributed by atoms with Gasteiger partial charge in [0.2, 0.25) is 0 Å². The van der Waals surface area contributed by atoms with Crippen LogP contribution in [0.25, 0.3) is 22.4 Å². The molecule has 4 heterocycles. The van der Waals surface area contributed by atoms with Crippen molar-refractivity contribution in [2.45, 2.75) is 44.8 Å². The maximum atomic E-state index is 13.0. The standard InChI is InChI=1S/C28H30N2O5/c1-17-25(35-16-21-15-33-9-10-34-21)13-27(31)30-8-7-19-11-22(26(32-2)12-23(19)28(17)30)20-5-6-24(29-14-20)18-3-4-18/h5-6,11-14,18,21H,3-4,7-10,15-16H2,1-2H3. The van der Waals surface area contributed by atoms with Crippen LogP contribution < -0.4 is 15.0 Å². The topological polar surface area (TPSA) is 71.8 Å². The largest absolute Gasteiger partial charge is 0.496 e. The molecule has 1 atom stereocenters. The molecule has 7 heteroatoms. The monoisotopic (exact) mass is 474 g/mol. The maximum absolute atomic E-state index is 13.0. The molecule has 1 aliphatic carbocycles. The minimum absolute atomic E-state index is 0.0602. The van der Waals surface area contributed by atoms with E-state index in [1.807, 2.05) is 17.7 Å². The normalized spacial score (nSPS) is 19.1. The first kappa shape index (κ1) is 22.3. The average molecular weight is 475 g/mol. The lowest BCUT2D eigenvalue weighted by Crippen LogP contribution is -2.34. The number of nitrogens with zero attached hydrogens (tertiary/aromatic N) is 2. The molecule has 3 aromatic rings. The lowest BCUT2D eigenvalue weighted by atomic mass is 9.90. The zero-order valence-electron chi connectivity index (χ0n) is 20.2. The summed E-state index contributed by atoms with van der Waals surface area (Å²) in [5.41, 5.74) is 7.21. The second-order valence-electron chi connectivity index (χ2n) is 9.56. The van der Waals surface area contributed by atoms with Crippen molar-refractivity contribution in [2.75, 3.05) is 33.5 Å². The first-order valence-corrected chi connectivity index (χ1v) is 12.4. The summed E-state index contributed by atoms with van der Waals surface area (Å²) in [4.78, 5) is 17.7. The van der Waals surface area contributed by atoms with Gasteiger partial charge in [-0.3, -0.25) is 9.78 Å². The summed E-state index contributed by atoms with van der Waals surface area (Å²) in [7, 11) is 1.69. The smallest absolute Gasteiger partial charge is 0.254 e. The molecule has 0 bridgehead atoms. The van der Waals surface area contributed by atoms with Crippen molar-refractivity contribution in [3.05, 3.63) is 63.7 Å². The van der Waals surface area contributed by atoms with Gasteiger partial charge < -0.3 is 23.5 Å². The zero-order valence-corrected chi connectivity index (χ0v) is 20.2. The number of benzene rings is 1. The SMILES string of the molecule is COc1cc2c(cc1-c1ccc(C3CC3)nc1)CCn1c-2c(C)c(OCC2COCCO2)cc1=O. The quantitative estimate of drug-likeness (QED) is 0.535. The van der Waals surface area contributed by atoms with E-state index in [0.717, 1.165) is 40.1 Å². The summed E-state index contributed by atoms with van der Waals surface area (Å²) in [6.07, 6.45) is 5.07. The number of aryl methyl sites for hydroxylation is 1. The van der Waals surface area contributed by atoms with Gasteiger partial charge in [-0.15, -0.1) is 0 Å². The Balaban J connectivity index is 1.37. The fourth-order valence-corrected chi connectivity index (χ4v) is 5.13. The fraction of sp³-hybridized carbons (Fsp3) is 0.429. The summed E-state index contributed by atoms with van der Waals surface area (Å²) in [5.74, 6) is 1.98. The van der Waals surface area contributed by atoms with Gasteiger partial charge in [0, 0.05) is 52.7 Å². The summed E-state index contributed by atoms with van der Waals surface area (Å²) in [5, 5.41) is 0. The van der Waals surface area contributed by atoms with Gasteiger partial charge in [0.05, 0.1) is 32.6 Å². The van der Waals surface area contributed by atoms with E-state index >= 15 is 0 Å². The predicted molar refractivity (Wildman–Crippen MR) is 132 cm³/mol. The highest BCUT2D eigenvalue weighted by Gasteiger charge is 2.27. The summed E-state index contributed by atoms with van der Waals surface area (Å²) < 4.78 is 24.9. The Hall–Kier alpha value is -3.16. The first-order chi connectivity index (χ1) is 17.1. The third-order valence-electron chi connectivity index (χ3n) is 7.20. The molecule has 6 rings (SSSR count). The molecular formula is C28H30N2O5. The van der Waals surface area contributed by atoms with Crippen LogP contribution in [0.1, 0.15) is 35.6 Å². The second kappa shape index (κ2) is 9.13. The van der Waals surface area contributed by atoms with Gasteiger partial charge in [-0.25, -0.2) is 0 Å². The molecule has 0 spiro atoms. The molecule has 2 aliphatic heterocycles. The van der Waals surface area contributed by atoms with Crippen LogP contribution in [0.2, 0.25) is 0 Å². The molecule has 1 saturated carbocycles. The van der Waals surface area contributed by atoms with E-state index < -0.39 is 0 Å². The van der Waals surface area contributed by atoms with Crippen molar-refractivity contribution in [1.82, 2.24) is 9.55 Å². The number of ether oxygens (including phenoxy) is 4. The van der Waals surface area contributed by atoms with Crippen LogP contribution in [-0.2, 0) is 22.4 Å². The first-order valence-electron chi connectivity index (χ1n) is 12.4. The number of hydrogen-bond acceptors (Lipinski definition) is 6. The van der Waals surface area contributed by atoms with Crippen molar-refractivity contribution in [1.29, 1.82) is 0 Å². The van der Waals surface area contributed by atoms with Gasteiger partial charge in [-0.05, 0) is 49.9 Å². The molecular weight excluding hydrogens is 444 g/mol. The molecule has 1 unspecified atom stereocenters. The third-order valence-corrected chi connectivity index (χ3v) is 7.20. The molecule has 35 heavy (non-hydrogen) atoms. The summed E-state index contributed by atoms with van der Waals surface area (Å²) in [6.45, 7) is 4.66. The van der Waals surface area contributed by atoms with Crippen molar-refractivity contribution in [3.63, 3.8) is 0 Å². The minimum Gasteiger partial charge on any atom is -0.496 e. The van der Waals surface area contributed by atoms with E-state index in [2.05, 4.69) is 24.3 Å². The predicted octanol–water partition coefficient (Wildman–Crippen LogP) is 4.12. The van der Waals surface area contributed by atoms with Crippen LogP contribution >= 0.6 is 0 Å². The molecule has 2 aromatic heterocycles. The molecule has 7 nitrogen and oxygen atoms in total. The second-order valence-corrected chi connectivity index (χ2v) is 9.56. The van der Waals surface area contributed by atoms with Gasteiger partial charge in [0.1, 0.15) is 24.2 Å². The van der Waals surface area contributed by atoms with Crippen LogP contribution in [0, 0.1) is 6.92 Å². The Kier molecular flexibility index (Phi) is 5.82. The minimum atomic E-state index is -0.128. The van der Waals surface area contributed by atoms with Crippen LogP contribution in [0.4, 0.5) is 0 Å². The number of pyridine rings is 2. The number of methoxy groups -OCH3 is 1. The average Bonchev–Trinajstić information content (AvgIpc) is 3.75. The van der Waals surface area contributed by atoms with Crippen LogP contribution in [0.15, 0.2) is 41.3 Å². The zero-order chi connectivity index (χ0) is 23.9. The molecule has 182 valence electrons. The molecule has 0 N–H and O–H groups in total. The Morgan fingerprint density at radius 3 is 2.71 bits per heavy atom. The highest BCUT2D eigenvalue weighted by atomic mass is 16.6. The molecule has 0 radical (unpaired) electrons. The van der Waals surface area contributed by atoms with E-state index in [-0.39, 0.29) is 11.7 Å². The van der Waals surface area contributed by atoms with Crippen molar-refractivity contribution < 1.29 is 18.9 Å². The molecule has 1 aromatic carbocycles. The number of aromatic nitrogens is 2. The number of fused-ring (bicyclic) bond motifs is 3.